The van der Waals surface area contributed by atoms with E-state index in [-0.39, 0.29) is 6.04 Å². The van der Waals surface area contributed by atoms with Crippen LogP contribution in [0, 0.1) is 6.92 Å². The molecule has 0 spiro atoms. The van der Waals surface area contributed by atoms with Gasteiger partial charge in [-0.05, 0) is 31.4 Å². The number of aliphatic imine (C=N–C) groups is 1. The predicted octanol–water partition coefficient (Wildman–Crippen LogP) is 2.35. The highest BCUT2D eigenvalue weighted by molar-refractivity contribution is 5.80. The monoisotopic (exact) mass is 372 g/mol. The highest BCUT2D eigenvalue weighted by Gasteiger charge is 2.34. The van der Waals surface area contributed by atoms with Crippen molar-refractivity contribution >= 4 is 5.96 Å². The van der Waals surface area contributed by atoms with Crippen molar-refractivity contribution in [2.45, 2.75) is 32.0 Å². The van der Waals surface area contributed by atoms with Crippen LogP contribution in [0.15, 0.2) is 23.2 Å². The van der Waals surface area contributed by atoms with Crippen molar-refractivity contribution in [3.63, 3.8) is 0 Å². The minimum absolute atomic E-state index is 0.0305. The molecule has 1 heterocycles. The van der Waals surface area contributed by atoms with Crippen LogP contribution in [-0.2, 0) is 6.42 Å². The van der Waals surface area contributed by atoms with E-state index in [4.69, 9.17) is 4.74 Å². The van der Waals surface area contributed by atoms with Gasteiger partial charge in [-0.2, -0.15) is 13.2 Å². The minimum atomic E-state index is -4.15. The number of halogens is 3. The number of rotatable bonds is 6. The molecule has 1 aliphatic rings. The van der Waals surface area contributed by atoms with E-state index in [9.17, 15) is 13.2 Å². The van der Waals surface area contributed by atoms with Gasteiger partial charge < -0.3 is 15.4 Å². The van der Waals surface area contributed by atoms with Crippen molar-refractivity contribution in [3.05, 3.63) is 29.3 Å². The third-order valence-electron chi connectivity index (χ3n) is 4.36. The molecule has 2 N–H and O–H groups in total. The number of hydrogen-bond acceptors (Lipinski definition) is 3. The fourth-order valence-electron chi connectivity index (χ4n) is 3.15. The molecule has 2 rings (SSSR count). The van der Waals surface area contributed by atoms with Crippen LogP contribution in [0.5, 0.6) is 5.75 Å². The molecule has 0 amide bonds. The van der Waals surface area contributed by atoms with E-state index in [0.29, 0.717) is 32.0 Å². The zero-order chi connectivity index (χ0) is 19.2. The molecule has 146 valence electrons. The van der Waals surface area contributed by atoms with Gasteiger partial charge in [0, 0.05) is 32.7 Å². The van der Waals surface area contributed by atoms with E-state index >= 15 is 0 Å². The summed E-state index contributed by atoms with van der Waals surface area (Å²) in [5.41, 5.74) is 2.27. The van der Waals surface area contributed by atoms with Gasteiger partial charge in [-0.1, -0.05) is 17.7 Å². The van der Waals surface area contributed by atoms with E-state index in [2.05, 4.69) is 21.7 Å². The van der Waals surface area contributed by atoms with Crippen LogP contribution in [0.3, 0.4) is 0 Å². The smallest absolute Gasteiger partial charge is 0.401 e. The Kier molecular flexibility index (Phi) is 7.14. The highest BCUT2D eigenvalue weighted by atomic mass is 19.4. The molecule has 0 aliphatic carbocycles. The molecule has 1 atom stereocenters. The van der Waals surface area contributed by atoms with Crippen LogP contribution in [0.2, 0.25) is 0 Å². The van der Waals surface area contributed by atoms with Crippen LogP contribution in [0.25, 0.3) is 0 Å². The van der Waals surface area contributed by atoms with E-state index < -0.39 is 12.7 Å². The molecule has 0 radical (unpaired) electrons. The molecular formula is C18H27F3N4O. The van der Waals surface area contributed by atoms with Crippen LogP contribution in [0.1, 0.15) is 17.5 Å². The first-order valence-electron chi connectivity index (χ1n) is 8.70. The maximum Gasteiger partial charge on any atom is 0.401 e. The lowest BCUT2D eigenvalue weighted by molar-refractivity contribution is -0.143. The van der Waals surface area contributed by atoms with Gasteiger partial charge in [0.05, 0.1) is 13.7 Å². The average Bonchev–Trinajstić information content (AvgIpc) is 2.99. The summed E-state index contributed by atoms with van der Waals surface area (Å²) in [5, 5.41) is 6.43. The number of nitrogens with one attached hydrogen (secondary N) is 2. The van der Waals surface area contributed by atoms with Crippen LogP contribution < -0.4 is 15.4 Å². The van der Waals surface area contributed by atoms with Gasteiger partial charge in [-0.3, -0.25) is 9.89 Å². The molecule has 1 aliphatic heterocycles. The summed E-state index contributed by atoms with van der Waals surface area (Å²) in [7, 11) is 3.31. The van der Waals surface area contributed by atoms with Crippen molar-refractivity contribution in [1.82, 2.24) is 15.5 Å². The number of methoxy groups -OCH3 is 1. The molecule has 1 fully saturated rings. The largest absolute Gasteiger partial charge is 0.496 e. The maximum absolute atomic E-state index is 12.5. The highest BCUT2D eigenvalue weighted by Crippen LogP contribution is 2.20. The Hall–Kier alpha value is -1.96. The summed E-state index contributed by atoms with van der Waals surface area (Å²) in [6, 6.07) is 6.01. The molecular weight excluding hydrogens is 345 g/mol. The Morgan fingerprint density at radius 3 is 2.81 bits per heavy atom. The van der Waals surface area contributed by atoms with Gasteiger partial charge in [-0.15, -0.1) is 0 Å². The van der Waals surface area contributed by atoms with Crippen molar-refractivity contribution in [3.8, 4) is 5.75 Å². The van der Waals surface area contributed by atoms with Crippen molar-refractivity contribution in [2.75, 3.05) is 40.3 Å². The summed E-state index contributed by atoms with van der Waals surface area (Å²) >= 11 is 0. The van der Waals surface area contributed by atoms with Crippen molar-refractivity contribution in [2.24, 2.45) is 4.99 Å². The number of ether oxygens (including phenoxy) is 1. The second kappa shape index (κ2) is 9.12. The van der Waals surface area contributed by atoms with E-state index in [1.807, 2.05) is 19.1 Å². The van der Waals surface area contributed by atoms with Gasteiger partial charge in [0.2, 0.25) is 0 Å². The number of aryl methyl sites for hydroxylation is 1. The summed E-state index contributed by atoms with van der Waals surface area (Å²) in [4.78, 5) is 5.58. The van der Waals surface area contributed by atoms with E-state index in [0.717, 1.165) is 17.7 Å². The van der Waals surface area contributed by atoms with E-state index in [1.54, 1.807) is 14.2 Å². The molecule has 0 saturated carbocycles. The lowest BCUT2D eigenvalue weighted by Crippen LogP contribution is -2.45. The Bertz CT molecular complexity index is 619. The zero-order valence-electron chi connectivity index (χ0n) is 15.5. The summed E-state index contributed by atoms with van der Waals surface area (Å²) in [6.07, 6.45) is -2.72. The van der Waals surface area contributed by atoms with E-state index in [1.165, 1.54) is 10.5 Å². The number of alkyl halides is 3. The Labute approximate surface area is 152 Å². The molecule has 8 heteroatoms. The summed E-state index contributed by atoms with van der Waals surface area (Å²) in [6.45, 7) is 2.63. The molecule has 5 nitrogen and oxygen atoms in total. The zero-order valence-corrected chi connectivity index (χ0v) is 15.5. The lowest BCUT2D eigenvalue weighted by Gasteiger charge is -2.20. The second-order valence-electron chi connectivity index (χ2n) is 6.54. The van der Waals surface area contributed by atoms with Crippen LogP contribution in [-0.4, -0.2) is 63.4 Å². The van der Waals surface area contributed by atoms with Gasteiger partial charge in [-0.25, -0.2) is 0 Å². The van der Waals surface area contributed by atoms with Crippen LogP contribution >= 0.6 is 0 Å². The fraction of sp³-hybridized carbons (Fsp3) is 0.611. The predicted molar refractivity (Wildman–Crippen MR) is 96.8 cm³/mol. The fourth-order valence-corrected chi connectivity index (χ4v) is 3.15. The topological polar surface area (TPSA) is 48.9 Å². The summed E-state index contributed by atoms with van der Waals surface area (Å²) < 4.78 is 42.8. The Morgan fingerprint density at radius 1 is 1.38 bits per heavy atom. The molecule has 1 aromatic rings. The van der Waals surface area contributed by atoms with Crippen LogP contribution in [0.4, 0.5) is 13.2 Å². The van der Waals surface area contributed by atoms with Gasteiger partial charge in [0.15, 0.2) is 5.96 Å². The lowest BCUT2D eigenvalue weighted by atomic mass is 10.1. The first-order chi connectivity index (χ1) is 12.3. The average molecular weight is 372 g/mol. The molecule has 1 aromatic carbocycles. The number of guanidine groups is 1. The normalized spacial score (nSPS) is 18.8. The number of likely N-dealkylation sites (tertiary alicyclic amines) is 1. The third-order valence-corrected chi connectivity index (χ3v) is 4.36. The Balaban J connectivity index is 1.79. The first kappa shape index (κ1) is 20.4. The minimum Gasteiger partial charge on any atom is -0.496 e. The maximum atomic E-state index is 12.5. The second-order valence-corrected chi connectivity index (χ2v) is 6.54. The quantitative estimate of drug-likeness (QED) is 0.595. The van der Waals surface area contributed by atoms with Crippen molar-refractivity contribution in [1.29, 1.82) is 0 Å². The molecule has 0 aromatic heterocycles. The first-order valence-corrected chi connectivity index (χ1v) is 8.70. The SMILES string of the molecule is CN=C(NCCc1cc(C)ccc1OC)NC1CCN(CC(F)(F)F)C1. The molecule has 0 bridgehead atoms. The number of nitrogens with zero attached hydrogens (tertiary/aromatic N) is 2. The number of benzene rings is 1. The summed E-state index contributed by atoms with van der Waals surface area (Å²) in [5.74, 6) is 1.45. The third kappa shape index (κ3) is 6.40. The van der Waals surface area contributed by atoms with Gasteiger partial charge in [0.1, 0.15) is 5.75 Å². The van der Waals surface area contributed by atoms with Gasteiger partial charge in [0.25, 0.3) is 0 Å². The molecule has 1 unspecified atom stereocenters. The standard InChI is InChI=1S/C18H27F3N4O/c1-13-4-5-16(26-3)14(10-13)6-8-23-17(22-2)24-15-7-9-25(11-15)12-18(19,20)21/h4-5,10,15H,6-9,11-12H2,1-3H3,(H2,22,23,24). The van der Waals surface area contributed by atoms with Crippen molar-refractivity contribution < 1.29 is 17.9 Å². The van der Waals surface area contributed by atoms with Gasteiger partial charge >= 0.3 is 6.18 Å². The Morgan fingerprint density at radius 2 is 2.15 bits per heavy atom. The molecule has 26 heavy (non-hydrogen) atoms. The number of hydrogen-bond donors (Lipinski definition) is 2. The molecule has 1 saturated heterocycles.